The SMILES string of the molecule is Cc1cccc(-n2ccnc2SCC(=O)N2CCCC(C)C2)c1C. The van der Waals surface area contributed by atoms with Gasteiger partial charge in [0.15, 0.2) is 5.16 Å². The van der Waals surface area contributed by atoms with E-state index >= 15 is 0 Å². The number of amides is 1. The third-order valence-corrected chi connectivity index (χ3v) is 5.73. The van der Waals surface area contributed by atoms with Crippen molar-refractivity contribution in [2.45, 2.75) is 38.8 Å². The molecule has 1 aromatic carbocycles. The Bertz CT molecular complexity index is 725. The molecule has 1 unspecified atom stereocenters. The molecule has 1 saturated heterocycles. The van der Waals surface area contributed by atoms with Gasteiger partial charge in [-0.1, -0.05) is 30.8 Å². The summed E-state index contributed by atoms with van der Waals surface area (Å²) in [5.74, 6) is 1.29. The highest BCUT2D eigenvalue weighted by molar-refractivity contribution is 7.99. The molecule has 128 valence electrons. The molecule has 2 heterocycles. The van der Waals surface area contributed by atoms with Crippen molar-refractivity contribution in [1.29, 1.82) is 0 Å². The molecule has 0 N–H and O–H groups in total. The fourth-order valence-corrected chi connectivity index (χ4v) is 4.08. The van der Waals surface area contributed by atoms with E-state index in [0.717, 1.165) is 30.4 Å². The lowest BCUT2D eigenvalue weighted by Gasteiger charge is -2.30. The predicted molar refractivity (Wildman–Crippen MR) is 98.7 cm³/mol. The molecule has 0 saturated carbocycles. The number of carbonyl (C=O) groups is 1. The van der Waals surface area contributed by atoms with Gasteiger partial charge in [0, 0.05) is 25.5 Å². The second kappa shape index (κ2) is 7.43. The van der Waals surface area contributed by atoms with E-state index in [9.17, 15) is 4.79 Å². The minimum Gasteiger partial charge on any atom is -0.342 e. The van der Waals surface area contributed by atoms with Crippen molar-refractivity contribution in [1.82, 2.24) is 14.5 Å². The lowest BCUT2D eigenvalue weighted by molar-refractivity contribution is -0.130. The summed E-state index contributed by atoms with van der Waals surface area (Å²) in [7, 11) is 0. The molecule has 1 aliphatic heterocycles. The molecule has 0 radical (unpaired) electrons. The maximum absolute atomic E-state index is 12.5. The number of aryl methyl sites for hydroxylation is 1. The first-order valence-corrected chi connectivity index (χ1v) is 9.55. The van der Waals surface area contributed by atoms with E-state index in [2.05, 4.69) is 48.5 Å². The van der Waals surface area contributed by atoms with Gasteiger partial charge in [0.05, 0.1) is 11.4 Å². The van der Waals surface area contributed by atoms with Gasteiger partial charge >= 0.3 is 0 Å². The van der Waals surface area contributed by atoms with Crippen LogP contribution in [-0.4, -0.2) is 39.2 Å². The van der Waals surface area contributed by atoms with Crippen molar-refractivity contribution in [3.63, 3.8) is 0 Å². The third kappa shape index (κ3) is 3.66. The van der Waals surface area contributed by atoms with Gasteiger partial charge in [-0.2, -0.15) is 0 Å². The van der Waals surface area contributed by atoms with E-state index in [1.165, 1.54) is 29.3 Å². The first-order valence-electron chi connectivity index (χ1n) is 8.56. The minimum atomic E-state index is 0.224. The summed E-state index contributed by atoms with van der Waals surface area (Å²) in [6.07, 6.45) is 6.12. The van der Waals surface area contributed by atoms with Crippen LogP contribution >= 0.6 is 11.8 Å². The van der Waals surface area contributed by atoms with Crippen molar-refractivity contribution < 1.29 is 4.79 Å². The first kappa shape index (κ1) is 17.1. The van der Waals surface area contributed by atoms with Crippen molar-refractivity contribution in [3.8, 4) is 5.69 Å². The van der Waals surface area contributed by atoms with Gasteiger partial charge in [-0.05, 0) is 49.8 Å². The number of hydrogen-bond donors (Lipinski definition) is 0. The molecule has 1 amide bonds. The highest BCUT2D eigenvalue weighted by Crippen LogP contribution is 2.25. The van der Waals surface area contributed by atoms with Crippen LogP contribution in [0, 0.1) is 19.8 Å². The topological polar surface area (TPSA) is 38.1 Å². The Hall–Kier alpha value is -1.75. The van der Waals surface area contributed by atoms with Crippen LogP contribution in [0.1, 0.15) is 30.9 Å². The average Bonchev–Trinajstić information content (AvgIpc) is 3.03. The molecular weight excluding hydrogens is 318 g/mol. The molecule has 3 rings (SSSR count). The first-order chi connectivity index (χ1) is 11.6. The predicted octanol–water partition coefficient (Wildman–Crippen LogP) is 3.84. The van der Waals surface area contributed by atoms with Crippen LogP contribution in [0.25, 0.3) is 5.69 Å². The van der Waals surface area contributed by atoms with Gasteiger partial charge in [0.1, 0.15) is 0 Å². The zero-order valence-corrected chi connectivity index (χ0v) is 15.5. The number of likely N-dealkylation sites (tertiary alicyclic amines) is 1. The smallest absolute Gasteiger partial charge is 0.233 e. The van der Waals surface area contributed by atoms with Gasteiger partial charge in [-0.25, -0.2) is 4.98 Å². The molecule has 0 bridgehead atoms. The summed E-state index contributed by atoms with van der Waals surface area (Å²) in [5, 5.41) is 0.877. The normalized spacial score (nSPS) is 18.0. The molecule has 1 aromatic heterocycles. The number of piperidine rings is 1. The van der Waals surface area contributed by atoms with Crippen molar-refractivity contribution in [2.75, 3.05) is 18.8 Å². The van der Waals surface area contributed by atoms with Crippen LogP contribution in [0.4, 0.5) is 0 Å². The quantitative estimate of drug-likeness (QED) is 0.792. The summed E-state index contributed by atoms with van der Waals surface area (Å²) >= 11 is 1.53. The molecule has 24 heavy (non-hydrogen) atoms. The summed E-state index contributed by atoms with van der Waals surface area (Å²) < 4.78 is 2.08. The van der Waals surface area contributed by atoms with E-state index in [4.69, 9.17) is 0 Å². The molecule has 4 nitrogen and oxygen atoms in total. The lowest BCUT2D eigenvalue weighted by atomic mass is 10.0. The van der Waals surface area contributed by atoms with Crippen molar-refractivity contribution in [3.05, 3.63) is 41.7 Å². The van der Waals surface area contributed by atoms with Crippen molar-refractivity contribution >= 4 is 17.7 Å². The fraction of sp³-hybridized carbons (Fsp3) is 0.474. The molecule has 0 spiro atoms. The molecule has 2 aromatic rings. The number of hydrogen-bond acceptors (Lipinski definition) is 3. The maximum Gasteiger partial charge on any atom is 0.233 e. The number of aromatic nitrogens is 2. The number of carbonyl (C=O) groups excluding carboxylic acids is 1. The number of rotatable bonds is 4. The van der Waals surface area contributed by atoms with E-state index in [1.54, 1.807) is 6.20 Å². The number of imidazole rings is 1. The van der Waals surface area contributed by atoms with E-state index in [1.807, 2.05) is 11.1 Å². The second-order valence-corrected chi connectivity index (χ2v) is 7.62. The van der Waals surface area contributed by atoms with Crippen LogP contribution < -0.4 is 0 Å². The molecule has 0 aliphatic carbocycles. The summed E-state index contributed by atoms with van der Waals surface area (Å²) in [4.78, 5) is 18.9. The van der Waals surface area contributed by atoms with Gasteiger partial charge in [0.25, 0.3) is 0 Å². The molecule has 1 fully saturated rings. The van der Waals surface area contributed by atoms with E-state index in [-0.39, 0.29) is 5.91 Å². The minimum absolute atomic E-state index is 0.224. The van der Waals surface area contributed by atoms with Crippen LogP contribution in [0.5, 0.6) is 0 Å². The van der Waals surface area contributed by atoms with E-state index in [0.29, 0.717) is 11.7 Å². The monoisotopic (exact) mass is 343 g/mol. The van der Waals surface area contributed by atoms with Crippen LogP contribution in [-0.2, 0) is 4.79 Å². The van der Waals surface area contributed by atoms with Crippen LogP contribution in [0.2, 0.25) is 0 Å². The Kier molecular flexibility index (Phi) is 5.29. The largest absolute Gasteiger partial charge is 0.342 e. The van der Waals surface area contributed by atoms with Gasteiger partial charge < -0.3 is 4.90 Å². The average molecular weight is 343 g/mol. The summed E-state index contributed by atoms with van der Waals surface area (Å²) in [6, 6.07) is 6.28. The number of thioether (sulfide) groups is 1. The van der Waals surface area contributed by atoms with Crippen LogP contribution in [0.15, 0.2) is 35.7 Å². The molecule has 1 aliphatic rings. The number of benzene rings is 1. The molecular formula is C19H25N3OS. The Morgan fingerprint density at radius 3 is 3.00 bits per heavy atom. The van der Waals surface area contributed by atoms with Crippen molar-refractivity contribution in [2.24, 2.45) is 5.92 Å². The zero-order chi connectivity index (χ0) is 17.1. The number of nitrogens with zero attached hydrogens (tertiary/aromatic N) is 3. The Morgan fingerprint density at radius 2 is 2.21 bits per heavy atom. The Morgan fingerprint density at radius 1 is 1.38 bits per heavy atom. The van der Waals surface area contributed by atoms with Gasteiger partial charge in [0.2, 0.25) is 5.91 Å². The zero-order valence-electron chi connectivity index (χ0n) is 14.7. The lowest BCUT2D eigenvalue weighted by Crippen LogP contribution is -2.40. The van der Waals surface area contributed by atoms with Crippen LogP contribution in [0.3, 0.4) is 0 Å². The Balaban J connectivity index is 1.70. The highest BCUT2D eigenvalue weighted by Gasteiger charge is 2.21. The standard InChI is InChI=1S/C19H25N3OS/c1-14-6-5-10-21(12-14)18(23)13-24-19-20-9-11-22(19)17-8-4-7-15(2)16(17)3/h4,7-9,11,14H,5-6,10,12-13H2,1-3H3. The summed E-state index contributed by atoms with van der Waals surface area (Å²) in [6.45, 7) is 8.25. The maximum atomic E-state index is 12.5. The Labute approximate surface area is 148 Å². The fourth-order valence-electron chi connectivity index (χ4n) is 3.21. The van der Waals surface area contributed by atoms with Gasteiger partial charge in [-0.3, -0.25) is 9.36 Å². The van der Waals surface area contributed by atoms with Gasteiger partial charge in [-0.15, -0.1) is 0 Å². The third-order valence-electron chi connectivity index (χ3n) is 4.78. The van der Waals surface area contributed by atoms with E-state index < -0.39 is 0 Å². The second-order valence-electron chi connectivity index (χ2n) is 6.67. The molecule has 5 heteroatoms. The summed E-state index contributed by atoms with van der Waals surface area (Å²) in [5.41, 5.74) is 3.64. The molecule has 1 atom stereocenters. The highest BCUT2D eigenvalue weighted by atomic mass is 32.2.